The molecule has 1 rings (SSSR count). The number of nitrogens with one attached hydrogen (secondary N) is 1. The van der Waals surface area contributed by atoms with Crippen molar-refractivity contribution >= 4 is 16.5 Å². The highest BCUT2D eigenvalue weighted by Crippen LogP contribution is 2.27. The number of hydrogen-bond acceptors (Lipinski definition) is 5. The summed E-state index contributed by atoms with van der Waals surface area (Å²) < 4.78 is 5.07. The lowest BCUT2D eigenvalue weighted by Crippen LogP contribution is -2.23. The molecule has 116 valence electrons. The van der Waals surface area contributed by atoms with Gasteiger partial charge in [-0.15, -0.1) is 11.3 Å². The van der Waals surface area contributed by atoms with Gasteiger partial charge in [0, 0.05) is 38.2 Å². The molecule has 0 unspecified atom stereocenters. The van der Waals surface area contributed by atoms with Crippen molar-refractivity contribution in [2.24, 2.45) is 0 Å². The number of nitrogens with zero attached hydrogens (tertiary/aromatic N) is 2. The van der Waals surface area contributed by atoms with Gasteiger partial charge in [0.2, 0.25) is 0 Å². The predicted octanol–water partition coefficient (Wildman–Crippen LogP) is 3.07. The second-order valence-corrected chi connectivity index (χ2v) is 5.93. The molecule has 0 aliphatic heterocycles. The average molecular weight is 299 g/mol. The van der Waals surface area contributed by atoms with Gasteiger partial charge in [-0.1, -0.05) is 20.3 Å². The van der Waals surface area contributed by atoms with Crippen LogP contribution in [0.25, 0.3) is 0 Å². The minimum atomic E-state index is 0.756. The van der Waals surface area contributed by atoms with Gasteiger partial charge >= 0.3 is 0 Å². The summed E-state index contributed by atoms with van der Waals surface area (Å²) in [7, 11) is 1.73. The van der Waals surface area contributed by atoms with E-state index < -0.39 is 0 Å². The first-order valence-electron chi connectivity index (χ1n) is 7.69. The Hall–Kier alpha value is -0.650. The molecule has 1 N–H and O–H groups in total. The molecule has 0 saturated heterocycles. The zero-order valence-electron chi connectivity index (χ0n) is 13.4. The molecule has 1 aromatic heterocycles. The van der Waals surface area contributed by atoms with Crippen molar-refractivity contribution in [2.75, 3.05) is 38.3 Å². The molecule has 0 saturated carbocycles. The molecular weight excluding hydrogens is 270 g/mol. The summed E-state index contributed by atoms with van der Waals surface area (Å²) in [5, 5.41) is 4.61. The third-order valence-corrected chi connectivity index (χ3v) is 4.33. The van der Waals surface area contributed by atoms with Crippen molar-refractivity contribution in [3.8, 4) is 0 Å². The summed E-state index contributed by atoms with van der Waals surface area (Å²) >= 11 is 1.84. The molecule has 20 heavy (non-hydrogen) atoms. The van der Waals surface area contributed by atoms with Crippen LogP contribution in [0.3, 0.4) is 0 Å². The monoisotopic (exact) mass is 299 g/mol. The maximum atomic E-state index is 5.07. The van der Waals surface area contributed by atoms with Gasteiger partial charge in [0.25, 0.3) is 0 Å². The Kier molecular flexibility index (Phi) is 8.82. The lowest BCUT2D eigenvalue weighted by molar-refractivity contribution is 0.199. The third-order valence-electron chi connectivity index (χ3n) is 3.17. The molecule has 0 aliphatic carbocycles. The van der Waals surface area contributed by atoms with Crippen LogP contribution in [0, 0.1) is 0 Å². The SMILES string of the molecule is CCCc1nc(N(CC)CCC)sc1CNCCOC. The van der Waals surface area contributed by atoms with Crippen molar-refractivity contribution in [2.45, 2.75) is 46.6 Å². The molecular formula is C15H29N3OS. The maximum Gasteiger partial charge on any atom is 0.185 e. The van der Waals surface area contributed by atoms with Gasteiger partial charge in [-0.3, -0.25) is 0 Å². The van der Waals surface area contributed by atoms with Crippen LogP contribution >= 0.6 is 11.3 Å². The van der Waals surface area contributed by atoms with Crippen LogP contribution in [0.15, 0.2) is 0 Å². The van der Waals surface area contributed by atoms with Crippen molar-refractivity contribution in [1.29, 1.82) is 0 Å². The zero-order valence-corrected chi connectivity index (χ0v) is 14.2. The minimum Gasteiger partial charge on any atom is -0.383 e. The number of hydrogen-bond donors (Lipinski definition) is 1. The summed E-state index contributed by atoms with van der Waals surface area (Å²) in [5.74, 6) is 0. The van der Waals surface area contributed by atoms with Crippen LogP contribution in [0.2, 0.25) is 0 Å². The molecule has 5 heteroatoms. The van der Waals surface area contributed by atoms with Crippen LogP contribution in [-0.2, 0) is 17.7 Å². The Morgan fingerprint density at radius 2 is 2.05 bits per heavy atom. The van der Waals surface area contributed by atoms with Crippen molar-refractivity contribution in [1.82, 2.24) is 10.3 Å². The highest BCUT2D eigenvalue weighted by molar-refractivity contribution is 7.15. The lowest BCUT2D eigenvalue weighted by Gasteiger charge is -2.18. The van der Waals surface area contributed by atoms with Gasteiger partial charge in [-0.05, 0) is 19.8 Å². The average Bonchev–Trinajstić information content (AvgIpc) is 2.84. The lowest BCUT2D eigenvalue weighted by atomic mass is 10.2. The Morgan fingerprint density at radius 1 is 1.25 bits per heavy atom. The second kappa shape index (κ2) is 10.1. The molecule has 0 aromatic carbocycles. The first-order valence-corrected chi connectivity index (χ1v) is 8.51. The fraction of sp³-hybridized carbons (Fsp3) is 0.800. The maximum absolute atomic E-state index is 5.07. The molecule has 0 radical (unpaired) electrons. The molecule has 0 bridgehead atoms. The Morgan fingerprint density at radius 3 is 2.65 bits per heavy atom. The molecule has 4 nitrogen and oxygen atoms in total. The van der Waals surface area contributed by atoms with E-state index in [4.69, 9.17) is 9.72 Å². The number of anilines is 1. The molecule has 0 aliphatic rings. The molecule has 0 amide bonds. The zero-order chi connectivity index (χ0) is 14.8. The highest BCUT2D eigenvalue weighted by Gasteiger charge is 2.14. The van der Waals surface area contributed by atoms with E-state index >= 15 is 0 Å². The highest BCUT2D eigenvalue weighted by atomic mass is 32.1. The van der Waals surface area contributed by atoms with E-state index in [9.17, 15) is 0 Å². The van der Waals surface area contributed by atoms with E-state index in [0.29, 0.717) is 0 Å². The van der Waals surface area contributed by atoms with E-state index in [1.165, 1.54) is 15.7 Å². The number of rotatable bonds is 11. The quantitative estimate of drug-likeness (QED) is 0.637. The van der Waals surface area contributed by atoms with Crippen molar-refractivity contribution < 1.29 is 4.74 Å². The number of ether oxygens (including phenoxy) is 1. The summed E-state index contributed by atoms with van der Waals surface area (Å²) in [5.41, 5.74) is 1.27. The van der Waals surface area contributed by atoms with E-state index in [2.05, 4.69) is 31.0 Å². The summed E-state index contributed by atoms with van der Waals surface area (Å²) in [6, 6.07) is 0. The molecule has 0 fully saturated rings. The molecule has 1 heterocycles. The van der Waals surface area contributed by atoms with E-state index in [1.807, 2.05) is 11.3 Å². The molecule has 0 spiro atoms. The second-order valence-electron chi connectivity index (χ2n) is 4.87. The topological polar surface area (TPSA) is 37.4 Å². The van der Waals surface area contributed by atoms with Crippen LogP contribution in [-0.4, -0.2) is 38.3 Å². The fourth-order valence-electron chi connectivity index (χ4n) is 2.11. The van der Waals surface area contributed by atoms with Crippen LogP contribution in [0.1, 0.15) is 44.2 Å². The minimum absolute atomic E-state index is 0.756. The normalized spacial score (nSPS) is 11.0. The first-order chi connectivity index (χ1) is 9.76. The van der Waals surface area contributed by atoms with Crippen LogP contribution < -0.4 is 10.2 Å². The van der Waals surface area contributed by atoms with Crippen LogP contribution in [0.5, 0.6) is 0 Å². The van der Waals surface area contributed by atoms with Gasteiger partial charge in [0.05, 0.1) is 12.3 Å². The molecule has 1 aromatic rings. The smallest absolute Gasteiger partial charge is 0.185 e. The number of aromatic nitrogens is 1. The van der Waals surface area contributed by atoms with Crippen molar-refractivity contribution in [3.63, 3.8) is 0 Å². The third kappa shape index (κ3) is 5.38. The van der Waals surface area contributed by atoms with Gasteiger partial charge in [-0.2, -0.15) is 0 Å². The first kappa shape index (κ1) is 17.4. The Bertz CT molecular complexity index is 368. The number of thiazole rings is 1. The van der Waals surface area contributed by atoms with Crippen molar-refractivity contribution in [3.05, 3.63) is 10.6 Å². The fourth-order valence-corrected chi connectivity index (χ4v) is 3.28. The largest absolute Gasteiger partial charge is 0.383 e. The Labute approximate surface area is 127 Å². The van der Waals surface area contributed by atoms with Gasteiger partial charge < -0.3 is 15.0 Å². The Balaban J connectivity index is 2.72. The summed E-state index contributed by atoms with van der Waals surface area (Å²) in [6.45, 7) is 11.3. The predicted molar refractivity (Wildman–Crippen MR) is 87.9 cm³/mol. The van der Waals surface area contributed by atoms with E-state index in [1.54, 1.807) is 7.11 Å². The van der Waals surface area contributed by atoms with Crippen LogP contribution in [0.4, 0.5) is 5.13 Å². The standard InChI is InChI=1S/C15H29N3OS/c1-5-8-13-14(12-16-9-11-19-4)20-15(17-13)18(7-3)10-6-2/h16H,5-12H2,1-4H3. The summed E-state index contributed by atoms with van der Waals surface area (Å²) in [4.78, 5) is 8.62. The molecule has 0 atom stereocenters. The number of aryl methyl sites for hydroxylation is 1. The van der Waals surface area contributed by atoms with E-state index in [0.717, 1.165) is 52.0 Å². The van der Waals surface area contributed by atoms with E-state index in [-0.39, 0.29) is 0 Å². The van der Waals surface area contributed by atoms with Gasteiger partial charge in [-0.25, -0.2) is 4.98 Å². The summed E-state index contributed by atoms with van der Waals surface area (Å²) in [6.07, 6.45) is 3.38. The van der Waals surface area contributed by atoms with Gasteiger partial charge in [0.15, 0.2) is 5.13 Å². The van der Waals surface area contributed by atoms with Gasteiger partial charge in [0.1, 0.15) is 0 Å². The number of methoxy groups -OCH3 is 1.